The third-order valence-electron chi connectivity index (χ3n) is 2.15. The number of hydrogen-bond acceptors (Lipinski definition) is 7. The van der Waals surface area contributed by atoms with Gasteiger partial charge in [-0.2, -0.15) is 0 Å². The maximum absolute atomic E-state index is 10.1. The quantitative estimate of drug-likeness (QED) is 0.321. The molecule has 0 radical (unpaired) electrons. The van der Waals surface area contributed by atoms with Crippen LogP contribution in [-0.4, -0.2) is 86.4 Å². The molecule has 0 saturated carbocycles. The van der Waals surface area contributed by atoms with Crippen molar-refractivity contribution in [2.45, 2.75) is 0 Å². The smallest absolute Gasteiger partial charge is 0.0701 e. The predicted molar refractivity (Wildman–Crippen MR) is 70.8 cm³/mol. The highest BCUT2D eigenvalue weighted by Crippen LogP contribution is 1.83. The Morgan fingerprint density at radius 3 is 1.10 bits per heavy atom. The first-order chi connectivity index (χ1) is 9.91. The second-order valence-corrected chi connectivity index (χ2v) is 3.76. The van der Waals surface area contributed by atoms with Crippen LogP contribution in [0.25, 0.3) is 0 Å². The first kappa shape index (κ1) is 19.7. The largest absolute Gasteiger partial charge is 0.853 e. The minimum absolute atomic E-state index is 0.208. The van der Waals surface area contributed by atoms with Crippen LogP contribution >= 0.6 is 0 Å². The van der Waals surface area contributed by atoms with Crippen molar-refractivity contribution in [2.75, 3.05) is 86.4 Å². The van der Waals surface area contributed by atoms with Crippen LogP contribution in [0, 0.1) is 0 Å². The fourth-order valence-electron chi connectivity index (χ4n) is 1.18. The van der Waals surface area contributed by atoms with Crippen molar-refractivity contribution in [3.63, 3.8) is 0 Å². The summed E-state index contributed by atoms with van der Waals surface area (Å²) < 4.78 is 30.9. The SMILES string of the molecule is COCCOCCOCCOCCOCCOCC[O-]. The van der Waals surface area contributed by atoms with Gasteiger partial charge in [-0.25, -0.2) is 0 Å². The van der Waals surface area contributed by atoms with Gasteiger partial charge in [0.1, 0.15) is 0 Å². The molecule has 0 aliphatic rings. The van der Waals surface area contributed by atoms with Crippen molar-refractivity contribution < 1.29 is 33.5 Å². The molecule has 0 aromatic rings. The number of hydrogen-bond donors (Lipinski definition) is 0. The predicted octanol–water partition coefficient (Wildman–Crippen LogP) is -0.924. The lowest BCUT2D eigenvalue weighted by Gasteiger charge is -2.08. The Morgan fingerprint density at radius 1 is 0.500 bits per heavy atom. The summed E-state index contributed by atoms with van der Waals surface area (Å²) >= 11 is 0. The highest BCUT2D eigenvalue weighted by Gasteiger charge is 1.92. The Labute approximate surface area is 121 Å². The van der Waals surface area contributed by atoms with Gasteiger partial charge in [0.15, 0.2) is 0 Å². The molecule has 0 heterocycles. The van der Waals surface area contributed by atoms with E-state index < -0.39 is 0 Å². The van der Waals surface area contributed by atoms with Crippen LogP contribution in [0.15, 0.2) is 0 Å². The fourth-order valence-corrected chi connectivity index (χ4v) is 1.18. The molecule has 0 aliphatic heterocycles. The summed E-state index contributed by atoms with van der Waals surface area (Å²) in [6.45, 7) is 5.40. The van der Waals surface area contributed by atoms with Crippen molar-refractivity contribution in [3.05, 3.63) is 0 Å². The molecule has 0 aromatic carbocycles. The van der Waals surface area contributed by atoms with E-state index in [4.69, 9.17) is 28.4 Å². The molecule has 0 atom stereocenters. The maximum atomic E-state index is 10.1. The summed E-state index contributed by atoms with van der Waals surface area (Å²) in [5, 5.41) is 10.1. The maximum Gasteiger partial charge on any atom is 0.0701 e. The van der Waals surface area contributed by atoms with Crippen molar-refractivity contribution in [1.29, 1.82) is 0 Å². The Hall–Kier alpha value is -0.280. The van der Waals surface area contributed by atoms with Gasteiger partial charge in [-0.1, -0.05) is 0 Å². The zero-order chi connectivity index (χ0) is 14.7. The molecule has 0 unspecified atom stereocenters. The summed E-state index contributed by atoms with van der Waals surface area (Å²) in [6.07, 6.45) is 0. The van der Waals surface area contributed by atoms with Gasteiger partial charge in [0.2, 0.25) is 0 Å². The van der Waals surface area contributed by atoms with E-state index in [1.807, 2.05) is 0 Å². The number of methoxy groups -OCH3 is 1. The molecule has 20 heavy (non-hydrogen) atoms. The minimum Gasteiger partial charge on any atom is -0.853 e. The van der Waals surface area contributed by atoms with E-state index in [0.29, 0.717) is 66.1 Å². The topological polar surface area (TPSA) is 78.4 Å². The van der Waals surface area contributed by atoms with Crippen LogP contribution in [0.3, 0.4) is 0 Å². The Balaban J connectivity index is 2.89. The lowest BCUT2D eigenvalue weighted by atomic mass is 10.7. The molecule has 0 aliphatic carbocycles. The molecule has 0 bridgehead atoms. The van der Waals surface area contributed by atoms with Crippen LogP contribution < -0.4 is 5.11 Å². The highest BCUT2D eigenvalue weighted by atomic mass is 16.6. The van der Waals surface area contributed by atoms with Crippen LogP contribution in [0.5, 0.6) is 0 Å². The Bertz CT molecular complexity index is 151. The van der Waals surface area contributed by atoms with Gasteiger partial charge in [0, 0.05) is 13.7 Å². The Kier molecular flexibility index (Phi) is 18.5. The fraction of sp³-hybridized carbons (Fsp3) is 1.00. The standard InChI is InChI=1S/C13H27O7/c1-15-4-5-17-8-9-19-12-13-20-11-10-18-7-6-16-3-2-14/h2-13H2,1H3/q-1. The lowest BCUT2D eigenvalue weighted by molar-refractivity contribution is -0.374. The summed E-state index contributed by atoms with van der Waals surface area (Å²) in [7, 11) is 1.64. The van der Waals surface area contributed by atoms with Crippen molar-refractivity contribution in [1.82, 2.24) is 0 Å². The first-order valence-corrected chi connectivity index (χ1v) is 6.87. The zero-order valence-corrected chi connectivity index (χ0v) is 12.3. The van der Waals surface area contributed by atoms with E-state index in [9.17, 15) is 5.11 Å². The summed E-state index contributed by atoms with van der Waals surface area (Å²) in [4.78, 5) is 0. The molecule has 7 nitrogen and oxygen atoms in total. The first-order valence-electron chi connectivity index (χ1n) is 6.87. The zero-order valence-electron chi connectivity index (χ0n) is 12.3. The second-order valence-electron chi connectivity index (χ2n) is 3.76. The third kappa shape index (κ3) is 17.7. The average molecular weight is 295 g/mol. The molecule has 0 spiro atoms. The minimum atomic E-state index is -0.208. The monoisotopic (exact) mass is 295 g/mol. The summed E-state index contributed by atoms with van der Waals surface area (Å²) in [5.74, 6) is 0. The van der Waals surface area contributed by atoms with Crippen molar-refractivity contribution >= 4 is 0 Å². The molecule has 0 saturated heterocycles. The molecule has 7 heteroatoms. The summed E-state index contributed by atoms with van der Waals surface area (Å²) in [5.41, 5.74) is 0. The van der Waals surface area contributed by atoms with E-state index in [0.717, 1.165) is 0 Å². The van der Waals surface area contributed by atoms with E-state index in [2.05, 4.69) is 0 Å². The van der Waals surface area contributed by atoms with Gasteiger partial charge in [-0.05, 0) is 0 Å². The van der Waals surface area contributed by atoms with Gasteiger partial charge >= 0.3 is 0 Å². The van der Waals surface area contributed by atoms with Gasteiger partial charge in [0.25, 0.3) is 0 Å². The van der Waals surface area contributed by atoms with E-state index >= 15 is 0 Å². The highest BCUT2D eigenvalue weighted by molar-refractivity contribution is 4.36. The molecule has 0 rings (SSSR count). The van der Waals surface area contributed by atoms with Gasteiger partial charge in [-0.15, -0.1) is 6.61 Å². The average Bonchev–Trinajstić information content (AvgIpc) is 2.47. The Morgan fingerprint density at radius 2 is 0.800 bits per heavy atom. The van der Waals surface area contributed by atoms with E-state index in [1.54, 1.807) is 7.11 Å². The number of rotatable bonds is 17. The third-order valence-corrected chi connectivity index (χ3v) is 2.15. The van der Waals surface area contributed by atoms with Gasteiger partial charge < -0.3 is 33.5 Å². The van der Waals surface area contributed by atoms with E-state index in [1.165, 1.54) is 0 Å². The molecule has 122 valence electrons. The molecule has 0 N–H and O–H groups in total. The van der Waals surface area contributed by atoms with Crippen LogP contribution in [0.1, 0.15) is 0 Å². The molecule has 0 aromatic heterocycles. The van der Waals surface area contributed by atoms with Gasteiger partial charge in [0.05, 0.1) is 66.1 Å². The molecular formula is C13H27O7-. The number of ether oxygens (including phenoxy) is 6. The second kappa shape index (κ2) is 18.7. The van der Waals surface area contributed by atoms with Crippen LogP contribution in [0.2, 0.25) is 0 Å². The van der Waals surface area contributed by atoms with Crippen LogP contribution in [-0.2, 0) is 28.4 Å². The van der Waals surface area contributed by atoms with E-state index in [-0.39, 0.29) is 13.2 Å². The molecular weight excluding hydrogens is 268 g/mol. The van der Waals surface area contributed by atoms with Crippen molar-refractivity contribution in [2.24, 2.45) is 0 Å². The molecule has 0 fully saturated rings. The molecule has 0 amide bonds. The van der Waals surface area contributed by atoms with Crippen LogP contribution in [0.4, 0.5) is 0 Å². The lowest BCUT2D eigenvalue weighted by Crippen LogP contribution is -2.16. The van der Waals surface area contributed by atoms with Gasteiger partial charge in [-0.3, -0.25) is 0 Å². The summed E-state index contributed by atoms with van der Waals surface area (Å²) in [6, 6.07) is 0. The normalized spacial score (nSPS) is 11.1. The van der Waals surface area contributed by atoms with Crippen molar-refractivity contribution in [3.8, 4) is 0 Å².